The van der Waals surface area contributed by atoms with Gasteiger partial charge in [-0.05, 0) is 33.7 Å². The summed E-state index contributed by atoms with van der Waals surface area (Å²) in [6.07, 6.45) is 3.37. The zero-order chi connectivity index (χ0) is 13.6. The van der Waals surface area contributed by atoms with Crippen LogP contribution in [0.5, 0.6) is 0 Å². The first-order valence-corrected chi connectivity index (χ1v) is 7.75. The zero-order valence-electron chi connectivity index (χ0n) is 11.8. The van der Waals surface area contributed by atoms with Crippen LogP contribution in [0.3, 0.4) is 0 Å². The molecule has 0 amide bonds. The van der Waals surface area contributed by atoms with Crippen LogP contribution < -0.4 is 4.90 Å². The van der Waals surface area contributed by atoms with Crippen molar-refractivity contribution in [3.8, 4) is 0 Å². The van der Waals surface area contributed by atoms with E-state index in [2.05, 4.69) is 30.7 Å². The molecule has 2 aliphatic rings. The number of carbonyl (C=O) groups is 1. The van der Waals surface area contributed by atoms with Gasteiger partial charge in [0.15, 0.2) is 11.4 Å². The first-order chi connectivity index (χ1) is 9.01. The molecule has 1 aromatic rings. The van der Waals surface area contributed by atoms with Crippen LogP contribution in [0.25, 0.3) is 0 Å². The molecule has 104 valence electrons. The van der Waals surface area contributed by atoms with Gasteiger partial charge >= 0.3 is 0 Å². The molecule has 0 N–H and O–H groups in total. The maximum absolute atomic E-state index is 11.2. The van der Waals surface area contributed by atoms with Crippen LogP contribution in [-0.4, -0.2) is 48.4 Å². The number of aldehydes is 1. The largest absolute Gasteiger partial charge is 0.345 e. The zero-order valence-corrected chi connectivity index (χ0v) is 12.7. The van der Waals surface area contributed by atoms with Gasteiger partial charge in [0.2, 0.25) is 0 Å². The fraction of sp³-hybridized carbons (Fsp3) is 0.714. The Morgan fingerprint density at radius 2 is 2.11 bits per heavy atom. The lowest BCUT2D eigenvalue weighted by Crippen LogP contribution is -2.57. The number of piperazine rings is 1. The summed E-state index contributed by atoms with van der Waals surface area (Å²) in [7, 11) is 2.17. The van der Waals surface area contributed by atoms with E-state index in [-0.39, 0.29) is 5.54 Å². The Morgan fingerprint density at radius 3 is 2.68 bits per heavy atom. The van der Waals surface area contributed by atoms with E-state index in [4.69, 9.17) is 4.98 Å². The average molecular weight is 279 g/mol. The Hall–Kier alpha value is -0.940. The van der Waals surface area contributed by atoms with Crippen molar-refractivity contribution in [1.82, 2.24) is 9.88 Å². The molecule has 0 bridgehead atoms. The third-order valence-electron chi connectivity index (χ3n) is 4.33. The number of carbonyl (C=O) groups excluding carboxylic acids is 1. The molecule has 0 atom stereocenters. The monoisotopic (exact) mass is 279 g/mol. The number of anilines is 1. The molecule has 2 heterocycles. The second kappa shape index (κ2) is 4.56. The Balaban J connectivity index is 1.84. The first kappa shape index (κ1) is 13.1. The van der Waals surface area contributed by atoms with Gasteiger partial charge in [-0.2, -0.15) is 0 Å². The van der Waals surface area contributed by atoms with Gasteiger partial charge in [-0.1, -0.05) is 11.3 Å². The van der Waals surface area contributed by atoms with Crippen molar-refractivity contribution in [2.45, 2.75) is 38.1 Å². The van der Waals surface area contributed by atoms with E-state index in [1.165, 1.54) is 12.8 Å². The normalized spacial score (nSPS) is 23.6. The molecule has 1 saturated heterocycles. The van der Waals surface area contributed by atoms with Crippen LogP contribution in [0.2, 0.25) is 0 Å². The standard InChI is InChI=1S/C14H21N3OS/c1-14(2)9-17(7-6-16(14)3)13-15-12(10-4-5-10)11(8-18)19-13/h8,10H,4-7,9H2,1-3H3. The summed E-state index contributed by atoms with van der Waals surface area (Å²) in [5.74, 6) is 0.547. The second-order valence-electron chi connectivity index (χ2n) is 6.29. The Kier molecular flexibility index (Phi) is 3.14. The second-order valence-corrected chi connectivity index (χ2v) is 7.30. The van der Waals surface area contributed by atoms with E-state index in [0.717, 1.165) is 41.6 Å². The molecule has 0 unspecified atom stereocenters. The van der Waals surface area contributed by atoms with Crippen molar-refractivity contribution in [2.75, 3.05) is 31.6 Å². The summed E-state index contributed by atoms with van der Waals surface area (Å²) in [6.45, 7) is 7.53. The number of hydrogen-bond donors (Lipinski definition) is 0. The summed E-state index contributed by atoms with van der Waals surface area (Å²) in [5.41, 5.74) is 1.21. The van der Waals surface area contributed by atoms with Gasteiger partial charge in [-0.15, -0.1) is 0 Å². The van der Waals surface area contributed by atoms with Gasteiger partial charge in [-0.25, -0.2) is 4.98 Å². The van der Waals surface area contributed by atoms with E-state index in [1.807, 2.05) is 0 Å². The van der Waals surface area contributed by atoms with Crippen LogP contribution in [0.4, 0.5) is 5.13 Å². The maximum atomic E-state index is 11.2. The Labute approximate surface area is 118 Å². The minimum atomic E-state index is 0.158. The summed E-state index contributed by atoms with van der Waals surface area (Å²) in [6, 6.07) is 0. The topological polar surface area (TPSA) is 36.4 Å². The Bertz CT molecular complexity index is 493. The lowest BCUT2D eigenvalue weighted by atomic mass is 10.0. The number of rotatable bonds is 3. The van der Waals surface area contributed by atoms with Crippen molar-refractivity contribution >= 4 is 22.8 Å². The smallest absolute Gasteiger partial charge is 0.186 e. The van der Waals surface area contributed by atoms with E-state index in [1.54, 1.807) is 11.3 Å². The van der Waals surface area contributed by atoms with Crippen molar-refractivity contribution in [3.63, 3.8) is 0 Å². The molecular formula is C14H21N3OS. The number of likely N-dealkylation sites (N-methyl/N-ethyl adjacent to an activating group) is 1. The summed E-state index contributed by atoms with van der Waals surface area (Å²) >= 11 is 1.56. The third kappa shape index (κ3) is 2.41. The fourth-order valence-electron chi connectivity index (χ4n) is 2.60. The molecule has 0 radical (unpaired) electrons. The fourth-order valence-corrected chi connectivity index (χ4v) is 3.59. The number of hydrogen-bond acceptors (Lipinski definition) is 5. The van der Waals surface area contributed by atoms with Crippen LogP contribution in [0.15, 0.2) is 0 Å². The summed E-state index contributed by atoms with van der Waals surface area (Å²) in [5, 5.41) is 1.03. The van der Waals surface area contributed by atoms with Crippen molar-refractivity contribution < 1.29 is 4.79 Å². The molecule has 19 heavy (non-hydrogen) atoms. The quantitative estimate of drug-likeness (QED) is 0.796. The van der Waals surface area contributed by atoms with Crippen molar-refractivity contribution in [1.29, 1.82) is 0 Å². The Morgan fingerprint density at radius 1 is 1.37 bits per heavy atom. The highest BCUT2D eigenvalue weighted by atomic mass is 32.1. The number of thiazole rings is 1. The molecule has 5 heteroatoms. The molecule has 1 aromatic heterocycles. The van der Waals surface area contributed by atoms with Gasteiger partial charge in [0.25, 0.3) is 0 Å². The molecule has 1 saturated carbocycles. The van der Waals surface area contributed by atoms with Crippen LogP contribution in [0, 0.1) is 0 Å². The predicted molar refractivity (Wildman–Crippen MR) is 78.4 cm³/mol. The molecular weight excluding hydrogens is 258 g/mol. The minimum Gasteiger partial charge on any atom is -0.345 e. The average Bonchev–Trinajstić information content (AvgIpc) is 3.12. The highest BCUT2D eigenvalue weighted by Gasteiger charge is 2.34. The number of aromatic nitrogens is 1. The minimum absolute atomic E-state index is 0.158. The molecule has 4 nitrogen and oxygen atoms in total. The molecule has 0 aromatic carbocycles. The van der Waals surface area contributed by atoms with E-state index < -0.39 is 0 Å². The van der Waals surface area contributed by atoms with E-state index in [9.17, 15) is 4.79 Å². The number of nitrogens with zero attached hydrogens (tertiary/aromatic N) is 3. The maximum Gasteiger partial charge on any atom is 0.186 e. The van der Waals surface area contributed by atoms with Crippen LogP contribution in [0.1, 0.15) is 48.0 Å². The molecule has 0 spiro atoms. The van der Waals surface area contributed by atoms with E-state index in [0.29, 0.717) is 5.92 Å². The highest BCUT2D eigenvalue weighted by molar-refractivity contribution is 7.17. The predicted octanol–water partition coefficient (Wildman–Crippen LogP) is 2.36. The molecule has 2 fully saturated rings. The lowest BCUT2D eigenvalue weighted by Gasteiger charge is -2.45. The summed E-state index contributed by atoms with van der Waals surface area (Å²) in [4.78, 5) is 21.5. The molecule has 3 rings (SSSR count). The highest BCUT2D eigenvalue weighted by Crippen LogP contribution is 2.44. The van der Waals surface area contributed by atoms with E-state index >= 15 is 0 Å². The van der Waals surface area contributed by atoms with Crippen LogP contribution >= 0.6 is 11.3 Å². The first-order valence-electron chi connectivity index (χ1n) is 6.93. The van der Waals surface area contributed by atoms with Crippen molar-refractivity contribution in [2.24, 2.45) is 0 Å². The molecule has 1 aliphatic heterocycles. The van der Waals surface area contributed by atoms with Gasteiger partial charge < -0.3 is 4.90 Å². The van der Waals surface area contributed by atoms with Gasteiger partial charge in [-0.3, -0.25) is 9.69 Å². The third-order valence-corrected chi connectivity index (χ3v) is 5.39. The SMILES string of the molecule is CN1CCN(c2nc(C3CC3)c(C=O)s2)CC1(C)C. The molecule has 1 aliphatic carbocycles. The van der Waals surface area contributed by atoms with Crippen LogP contribution in [-0.2, 0) is 0 Å². The van der Waals surface area contributed by atoms with Gasteiger partial charge in [0, 0.05) is 31.1 Å². The van der Waals surface area contributed by atoms with Gasteiger partial charge in [0.05, 0.1) is 10.6 Å². The lowest BCUT2D eigenvalue weighted by molar-refractivity contribution is 0.112. The van der Waals surface area contributed by atoms with Crippen molar-refractivity contribution in [3.05, 3.63) is 10.6 Å². The summed E-state index contributed by atoms with van der Waals surface area (Å²) < 4.78 is 0. The van der Waals surface area contributed by atoms with Gasteiger partial charge in [0.1, 0.15) is 0 Å².